The summed E-state index contributed by atoms with van der Waals surface area (Å²) in [6.07, 6.45) is 5.69. The van der Waals surface area contributed by atoms with E-state index in [9.17, 15) is 0 Å². The van der Waals surface area contributed by atoms with Gasteiger partial charge in [0.2, 0.25) is 0 Å². The van der Waals surface area contributed by atoms with E-state index in [1.807, 2.05) is 6.33 Å². The number of nitrogens with one attached hydrogen (secondary N) is 1. The summed E-state index contributed by atoms with van der Waals surface area (Å²) in [4.78, 5) is 0. The van der Waals surface area contributed by atoms with E-state index >= 15 is 0 Å². The highest BCUT2D eigenvalue weighted by Gasteiger charge is 2.25. The van der Waals surface area contributed by atoms with Crippen molar-refractivity contribution in [1.29, 1.82) is 0 Å². The first-order valence-corrected chi connectivity index (χ1v) is 4.81. The highest BCUT2D eigenvalue weighted by Crippen LogP contribution is 2.34. The predicted octanol–water partition coefficient (Wildman–Crippen LogP) is 2.30. The van der Waals surface area contributed by atoms with Gasteiger partial charge in [-0.25, -0.2) is 0 Å². The molecule has 1 N–H and O–H groups in total. The first kappa shape index (κ1) is 7.98. The van der Waals surface area contributed by atoms with Gasteiger partial charge < -0.3 is 4.57 Å². The average Bonchev–Trinajstić information content (AvgIpc) is 2.59. The van der Waals surface area contributed by atoms with Gasteiger partial charge >= 0.3 is 0 Å². The zero-order valence-corrected chi connectivity index (χ0v) is 7.97. The molecule has 4 heteroatoms. The highest BCUT2D eigenvalue weighted by atomic mass is 32.1. The first-order chi connectivity index (χ1) is 5.79. The fourth-order valence-corrected chi connectivity index (χ4v) is 2.27. The van der Waals surface area contributed by atoms with Crippen molar-refractivity contribution >= 4 is 12.2 Å². The summed E-state index contributed by atoms with van der Waals surface area (Å²) in [6.45, 7) is 2.28. The van der Waals surface area contributed by atoms with Crippen LogP contribution in [0.15, 0.2) is 6.33 Å². The van der Waals surface area contributed by atoms with Crippen LogP contribution in [0, 0.1) is 10.7 Å². The molecule has 1 aromatic rings. The topological polar surface area (TPSA) is 33.6 Å². The second-order valence-corrected chi connectivity index (χ2v) is 3.93. The lowest BCUT2D eigenvalue weighted by molar-refractivity contribution is 0.403. The van der Waals surface area contributed by atoms with E-state index < -0.39 is 0 Å². The van der Waals surface area contributed by atoms with Crippen molar-refractivity contribution in [1.82, 2.24) is 14.8 Å². The molecule has 1 aliphatic rings. The van der Waals surface area contributed by atoms with Crippen molar-refractivity contribution in [2.75, 3.05) is 0 Å². The second kappa shape index (κ2) is 3.01. The van der Waals surface area contributed by atoms with E-state index in [1.54, 1.807) is 0 Å². The van der Waals surface area contributed by atoms with Crippen LogP contribution in [-0.4, -0.2) is 14.8 Å². The standard InChI is InChI=1S/C8H13N3S/c1-6-3-2-4-7(6)11-5-9-10-8(11)12/h5-7H,2-4H2,1H3,(H,10,12). The van der Waals surface area contributed by atoms with Crippen LogP contribution in [0.2, 0.25) is 0 Å². The molecule has 2 rings (SSSR count). The van der Waals surface area contributed by atoms with Gasteiger partial charge in [-0.3, -0.25) is 5.10 Å². The summed E-state index contributed by atoms with van der Waals surface area (Å²) < 4.78 is 2.85. The van der Waals surface area contributed by atoms with Gasteiger partial charge in [-0.2, -0.15) is 5.10 Å². The van der Waals surface area contributed by atoms with E-state index in [0.29, 0.717) is 6.04 Å². The summed E-state index contributed by atoms with van der Waals surface area (Å²) in [5, 5.41) is 6.73. The lowest BCUT2D eigenvalue weighted by atomic mass is 10.1. The third-order valence-corrected chi connectivity index (χ3v) is 3.05. The molecule has 0 bridgehead atoms. The molecular weight excluding hydrogens is 170 g/mol. The number of rotatable bonds is 1. The quantitative estimate of drug-likeness (QED) is 0.678. The fourth-order valence-electron chi connectivity index (χ4n) is 2.03. The van der Waals surface area contributed by atoms with Crippen LogP contribution < -0.4 is 0 Å². The van der Waals surface area contributed by atoms with Crippen molar-refractivity contribution in [2.45, 2.75) is 32.2 Å². The van der Waals surface area contributed by atoms with Gasteiger partial charge in [-0.1, -0.05) is 13.3 Å². The van der Waals surface area contributed by atoms with Gasteiger partial charge in [0.25, 0.3) is 0 Å². The summed E-state index contributed by atoms with van der Waals surface area (Å²) in [7, 11) is 0. The Kier molecular flexibility index (Phi) is 2.00. The molecule has 1 saturated carbocycles. The minimum absolute atomic E-state index is 0.580. The lowest BCUT2D eigenvalue weighted by Gasteiger charge is -2.15. The number of hydrogen-bond acceptors (Lipinski definition) is 2. The predicted molar refractivity (Wildman–Crippen MR) is 49.5 cm³/mol. The maximum absolute atomic E-state index is 5.12. The zero-order valence-electron chi connectivity index (χ0n) is 7.16. The number of aromatic amines is 1. The monoisotopic (exact) mass is 183 g/mol. The largest absolute Gasteiger partial charge is 0.303 e. The van der Waals surface area contributed by atoms with Gasteiger partial charge in [0.05, 0.1) is 0 Å². The van der Waals surface area contributed by atoms with Crippen LogP contribution in [0.25, 0.3) is 0 Å². The van der Waals surface area contributed by atoms with E-state index in [-0.39, 0.29) is 0 Å². The Balaban J connectivity index is 2.30. The van der Waals surface area contributed by atoms with E-state index in [0.717, 1.165) is 10.7 Å². The van der Waals surface area contributed by atoms with Crippen LogP contribution in [-0.2, 0) is 0 Å². The van der Waals surface area contributed by atoms with Gasteiger partial charge in [0.15, 0.2) is 4.77 Å². The third kappa shape index (κ3) is 1.20. The van der Waals surface area contributed by atoms with Crippen LogP contribution in [0.5, 0.6) is 0 Å². The molecule has 1 fully saturated rings. The minimum Gasteiger partial charge on any atom is -0.303 e. The van der Waals surface area contributed by atoms with Gasteiger partial charge in [-0.05, 0) is 31.0 Å². The van der Waals surface area contributed by atoms with Crippen molar-refractivity contribution in [2.24, 2.45) is 5.92 Å². The van der Waals surface area contributed by atoms with E-state index in [4.69, 9.17) is 12.2 Å². The van der Waals surface area contributed by atoms with Crippen molar-refractivity contribution in [3.05, 3.63) is 11.1 Å². The molecule has 0 radical (unpaired) electrons. The molecule has 0 amide bonds. The Bertz CT molecular complexity index is 314. The number of H-pyrrole nitrogens is 1. The minimum atomic E-state index is 0.580. The molecule has 0 aromatic carbocycles. The third-order valence-electron chi connectivity index (χ3n) is 2.75. The summed E-state index contributed by atoms with van der Waals surface area (Å²) in [5.41, 5.74) is 0. The SMILES string of the molecule is CC1CCCC1n1cn[nH]c1=S. The first-order valence-electron chi connectivity index (χ1n) is 4.40. The van der Waals surface area contributed by atoms with Crippen molar-refractivity contribution in [3.8, 4) is 0 Å². The number of hydrogen-bond donors (Lipinski definition) is 1. The summed E-state index contributed by atoms with van der Waals surface area (Å²) in [6, 6.07) is 0.580. The Labute approximate surface area is 76.8 Å². The molecule has 12 heavy (non-hydrogen) atoms. The van der Waals surface area contributed by atoms with Crippen LogP contribution in [0.1, 0.15) is 32.2 Å². The van der Waals surface area contributed by atoms with Crippen LogP contribution >= 0.6 is 12.2 Å². The maximum atomic E-state index is 5.12. The average molecular weight is 183 g/mol. The van der Waals surface area contributed by atoms with Gasteiger partial charge in [0, 0.05) is 6.04 Å². The molecule has 0 spiro atoms. The molecule has 66 valence electrons. The number of aromatic nitrogens is 3. The molecule has 0 aliphatic heterocycles. The number of nitrogens with zero attached hydrogens (tertiary/aromatic N) is 2. The molecule has 2 unspecified atom stereocenters. The smallest absolute Gasteiger partial charge is 0.195 e. The summed E-state index contributed by atoms with van der Waals surface area (Å²) in [5.74, 6) is 0.745. The molecule has 1 aromatic heterocycles. The molecule has 3 nitrogen and oxygen atoms in total. The Morgan fingerprint density at radius 1 is 1.67 bits per heavy atom. The highest BCUT2D eigenvalue weighted by molar-refractivity contribution is 7.71. The van der Waals surface area contributed by atoms with Crippen molar-refractivity contribution in [3.63, 3.8) is 0 Å². The molecule has 1 heterocycles. The van der Waals surface area contributed by atoms with E-state index in [2.05, 4.69) is 21.7 Å². The van der Waals surface area contributed by atoms with Gasteiger partial charge in [-0.15, -0.1) is 0 Å². The Hall–Kier alpha value is -0.640. The molecule has 2 atom stereocenters. The Morgan fingerprint density at radius 3 is 3.00 bits per heavy atom. The van der Waals surface area contributed by atoms with Crippen LogP contribution in [0.4, 0.5) is 0 Å². The van der Waals surface area contributed by atoms with E-state index in [1.165, 1.54) is 19.3 Å². The van der Waals surface area contributed by atoms with Gasteiger partial charge in [0.1, 0.15) is 6.33 Å². The summed E-state index contributed by atoms with van der Waals surface area (Å²) >= 11 is 5.12. The lowest BCUT2D eigenvalue weighted by Crippen LogP contribution is -2.10. The maximum Gasteiger partial charge on any atom is 0.195 e. The zero-order chi connectivity index (χ0) is 8.55. The normalized spacial score (nSPS) is 29.4. The molecule has 0 saturated heterocycles. The van der Waals surface area contributed by atoms with Crippen molar-refractivity contribution < 1.29 is 0 Å². The fraction of sp³-hybridized carbons (Fsp3) is 0.750. The molecular formula is C8H13N3S. The molecule has 1 aliphatic carbocycles. The second-order valence-electron chi connectivity index (χ2n) is 3.54. The van der Waals surface area contributed by atoms with Crippen LogP contribution in [0.3, 0.4) is 0 Å². The Morgan fingerprint density at radius 2 is 2.50 bits per heavy atom.